The summed E-state index contributed by atoms with van der Waals surface area (Å²) in [5, 5.41) is 9.56. The SMILES string of the molecule is CCC(CN)(CO)CC1Cc2cc(C)ccc2O1. The minimum absolute atomic E-state index is 0.134. The van der Waals surface area contributed by atoms with Crippen molar-refractivity contribution < 1.29 is 9.84 Å². The van der Waals surface area contributed by atoms with Crippen LogP contribution in [-0.4, -0.2) is 24.4 Å². The standard InChI is InChI=1S/C15H23NO2/c1-3-15(9-16,10-17)8-13-7-12-6-11(2)4-5-14(12)18-13/h4-6,13,17H,3,7-10,16H2,1-2H3. The van der Waals surface area contributed by atoms with Crippen LogP contribution in [0.4, 0.5) is 0 Å². The molecule has 100 valence electrons. The van der Waals surface area contributed by atoms with Gasteiger partial charge >= 0.3 is 0 Å². The van der Waals surface area contributed by atoms with Gasteiger partial charge in [0.05, 0.1) is 6.61 Å². The summed E-state index contributed by atoms with van der Waals surface area (Å²) in [5.74, 6) is 0.991. The summed E-state index contributed by atoms with van der Waals surface area (Å²) >= 11 is 0. The Hall–Kier alpha value is -1.06. The highest BCUT2D eigenvalue weighted by atomic mass is 16.5. The van der Waals surface area contributed by atoms with E-state index in [9.17, 15) is 5.11 Å². The quantitative estimate of drug-likeness (QED) is 0.839. The van der Waals surface area contributed by atoms with E-state index >= 15 is 0 Å². The van der Waals surface area contributed by atoms with Gasteiger partial charge in [-0.2, -0.15) is 0 Å². The predicted molar refractivity (Wildman–Crippen MR) is 72.8 cm³/mol. The summed E-state index contributed by atoms with van der Waals surface area (Å²) in [6, 6.07) is 6.30. The Kier molecular flexibility index (Phi) is 3.93. The first-order valence-corrected chi connectivity index (χ1v) is 6.69. The van der Waals surface area contributed by atoms with Crippen molar-refractivity contribution >= 4 is 0 Å². The highest BCUT2D eigenvalue weighted by Crippen LogP contribution is 2.36. The smallest absolute Gasteiger partial charge is 0.123 e. The number of aliphatic hydroxyl groups excluding tert-OH is 1. The fraction of sp³-hybridized carbons (Fsp3) is 0.600. The Bertz CT molecular complexity index is 405. The lowest BCUT2D eigenvalue weighted by atomic mass is 9.80. The maximum atomic E-state index is 9.56. The Balaban J connectivity index is 2.07. The largest absolute Gasteiger partial charge is 0.490 e. The minimum Gasteiger partial charge on any atom is -0.490 e. The molecule has 2 atom stereocenters. The first-order valence-electron chi connectivity index (χ1n) is 6.69. The molecule has 1 aliphatic heterocycles. The van der Waals surface area contributed by atoms with Gasteiger partial charge in [-0.3, -0.25) is 0 Å². The molecule has 0 radical (unpaired) electrons. The molecule has 1 aromatic rings. The van der Waals surface area contributed by atoms with Crippen molar-refractivity contribution in [1.82, 2.24) is 0 Å². The van der Waals surface area contributed by atoms with E-state index in [4.69, 9.17) is 10.5 Å². The number of hydrogen-bond donors (Lipinski definition) is 2. The summed E-state index contributed by atoms with van der Waals surface area (Å²) < 4.78 is 5.96. The van der Waals surface area contributed by atoms with Crippen LogP contribution >= 0.6 is 0 Å². The molecule has 0 fully saturated rings. The molecule has 3 N–H and O–H groups in total. The zero-order valence-corrected chi connectivity index (χ0v) is 11.3. The number of aliphatic hydroxyl groups is 1. The van der Waals surface area contributed by atoms with E-state index in [1.807, 2.05) is 6.07 Å². The Labute approximate surface area is 109 Å². The fourth-order valence-corrected chi connectivity index (χ4v) is 2.66. The first kappa shape index (κ1) is 13.4. The molecule has 0 aromatic heterocycles. The van der Waals surface area contributed by atoms with Gasteiger partial charge in [0, 0.05) is 18.4 Å². The Morgan fingerprint density at radius 2 is 2.28 bits per heavy atom. The normalized spacial score (nSPS) is 21.2. The van der Waals surface area contributed by atoms with Gasteiger partial charge in [0.1, 0.15) is 11.9 Å². The summed E-state index contributed by atoms with van der Waals surface area (Å²) in [7, 11) is 0. The molecular weight excluding hydrogens is 226 g/mol. The predicted octanol–water partition coefficient (Wildman–Crippen LogP) is 2.04. The van der Waals surface area contributed by atoms with Crippen LogP contribution in [0.25, 0.3) is 0 Å². The molecule has 2 rings (SSSR count). The third-order valence-corrected chi connectivity index (χ3v) is 4.14. The lowest BCUT2D eigenvalue weighted by molar-refractivity contribution is 0.0713. The molecule has 0 bridgehead atoms. The van der Waals surface area contributed by atoms with Crippen molar-refractivity contribution in [3.63, 3.8) is 0 Å². The highest BCUT2D eigenvalue weighted by molar-refractivity contribution is 5.40. The van der Waals surface area contributed by atoms with Gasteiger partial charge in [0.2, 0.25) is 0 Å². The van der Waals surface area contributed by atoms with Gasteiger partial charge in [-0.1, -0.05) is 24.6 Å². The van der Waals surface area contributed by atoms with Crippen LogP contribution in [0.2, 0.25) is 0 Å². The molecule has 1 heterocycles. The number of hydrogen-bond acceptors (Lipinski definition) is 3. The van der Waals surface area contributed by atoms with E-state index in [1.165, 1.54) is 11.1 Å². The van der Waals surface area contributed by atoms with E-state index in [0.717, 1.165) is 25.0 Å². The number of nitrogens with two attached hydrogens (primary N) is 1. The van der Waals surface area contributed by atoms with Gasteiger partial charge in [0.25, 0.3) is 0 Å². The van der Waals surface area contributed by atoms with Crippen molar-refractivity contribution in [3.05, 3.63) is 29.3 Å². The van der Waals surface area contributed by atoms with Crippen LogP contribution in [-0.2, 0) is 6.42 Å². The first-order chi connectivity index (χ1) is 8.62. The summed E-state index contributed by atoms with van der Waals surface area (Å²) in [6.45, 7) is 4.82. The maximum Gasteiger partial charge on any atom is 0.123 e. The molecule has 1 aromatic carbocycles. The van der Waals surface area contributed by atoms with Crippen molar-refractivity contribution in [2.24, 2.45) is 11.1 Å². The second kappa shape index (κ2) is 5.29. The zero-order valence-electron chi connectivity index (χ0n) is 11.3. The van der Waals surface area contributed by atoms with E-state index < -0.39 is 0 Å². The van der Waals surface area contributed by atoms with Gasteiger partial charge in [0.15, 0.2) is 0 Å². The number of rotatable bonds is 5. The average molecular weight is 249 g/mol. The van der Waals surface area contributed by atoms with Crippen LogP contribution < -0.4 is 10.5 Å². The molecule has 1 aliphatic rings. The van der Waals surface area contributed by atoms with Gasteiger partial charge in [-0.05, 0) is 31.4 Å². The van der Waals surface area contributed by atoms with Gasteiger partial charge in [-0.15, -0.1) is 0 Å². The minimum atomic E-state index is -0.193. The van der Waals surface area contributed by atoms with E-state index in [2.05, 4.69) is 26.0 Å². The molecule has 0 amide bonds. The molecular formula is C15H23NO2. The fourth-order valence-electron chi connectivity index (χ4n) is 2.66. The van der Waals surface area contributed by atoms with Crippen molar-refractivity contribution in [2.75, 3.05) is 13.2 Å². The number of benzene rings is 1. The molecule has 0 saturated heterocycles. The van der Waals surface area contributed by atoms with Crippen LogP contribution in [0.3, 0.4) is 0 Å². The molecule has 0 spiro atoms. The molecule has 3 heteroatoms. The second-order valence-electron chi connectivity index (χ2n) is 5.48. The maximum absolute atomic E-state index is 9.56. The summed E-state index contributed by atoms with van der Waals surface area (Å²) in [6.07, 6.45) is 2.79. The summed E-state index contributed by atoms with van der Waals surface area (Å²) in [5.41, 5.74) is 8.17. The Morgan fingerprint density at radius 1 is 1.50 bits per heavy atom. The van der Waals surface area contributed by atoms with Crippen LogP contribution in [0.5, 0.6) is 5.75 Å². The van der Waals surface area contributed by atoms with Crippen LogP contribution in [0.1, 0.15) is 30.9 Å². The Morgan fingerprint density at radius 3 is 2.89 bits per heavy atom. The molecule has 0 saturated carbocycles. The lowest BCUT2D eigenvalue weighted by Gasteiger charge is -2.31. The molecule has 2 unspecified atom stereocenters. The van der Waals surface area contributed by atoms with E-state index in [0.29, 0.717) is 6.54 Å². The second-order valence-corrected chi connectivity index (χ2v) is 5.48. The van der Waals surface area contributed by atoms with Crippen LogP contribution in [0.15, 0.2) is 18.2 Å². The molecule has 0 aliphatic carbocycles. The van der Waals surface area contributed by atoms with Gasteiger partial charge in [-0.25, -0.2) is 0 Å². The lowest BCUT2D eigenvalue weighted by Crippen LogP contribution is -2.38. The molecule has 3 nitrogen and oxygen atoms in total. The topological polar surface area (TPSA) is 55.5 Å². The van der Waals surface area contributed by atoms with E-state index in [-0.39, 0.29) is 18.1 Å². The van der Waals surface area contributed by atoms with Crippen molar-refractivity contribution in [3.8, 4) is 5.75 Å². The third kappa shape index (κ3) is 2.52. The van der Waals surface area contributed by atoms with E-state index in [1.54, 1.807) is 0 Å². The monoisotopic (exact) mass is 249 g/mol. The molecule has 18 heavy (non-hydrogen) atoms. The number of ether oxygens (including phenoxy) is 1. The third-order valence-electron chi connectivity index (χ3n) is 4.14. The van der Waals surface area contributed by atoms with Crippen molar-refractivity contribution in [1.29, 1.82) is 0 Å². The summed E-state index contributed by atoms with van der Waals surface area (Å²) in [4.78, 5) is 0. The van der Waals surface area contributed by atoms with Crippen LogP contribution in [0, 0.1) is 12.3 Å². The van der Waals surface area contributed by atoms with Crippen molar-refractivity contribution in [2.45, 2.75) is 39.2 Å². The average Bonchev–Trinajstić information content (AvgIpc) is 2.77. The number of aryl methyl sites for hydroxylation is 1. The number of fused-ring (bicyclic) bond motifs is 1. The zero-order chi connectivity index (χ0) is 13.2. The van der Waals surface area contributed by atoms with Gasteiger partial charge < -0.3 is 15.6 Å². The highest BCUT2D eigenvalue weighted by Gasteiger charge is 2.33.